The zero-order valence-electron chi connectivity index (χ0n) is 13.5. The summed E-state index contributed by atoms with van der Waals surface area (Å²) in [6.45, 7) is 1.43. The number of hydrogen-bond donors (Lipinski definition) is 0. The van der Waals surface area contributed by atoms with Gasteiger partial charge >= 0.3 is 5.97 Å². The Morgan fingerprint density at radius 1 is 1.33 bits per heavy atom. The highest BCUT2D eigenvalue weighted by atomic mass is 35.5. The summed E-state index contributed by atoms with van der Waals surface area (Å²) in [7, 11) is 1.92. The minimum absolute atomic E-state index is 0.0319. The van der Waals surface area contributed by atoms with E-state index in [1.54, 1.807) is 0 Å². The molecule has 0 saturated carbocycles. The number of hydrogen-bond acceptors (Lipinski definition) is 4. The molecule has 1 aromatic carbocycles. The van der Waals surface area contributed by atoms with Gasteiger partial charge in [0.25, 0.3) is 0 Å². The van der Waals surface area contributed by atoms with E-state index in [0.717, 1.165) is 22.5 Å². The average Bonchev–Trinajstić information content (AvgIpc) is 2.90. The maximum absolute atomic E-state index is 11.7. The van der Waals surface area contributed by atoms with Crippen LogP contribution in [0.15, 0.2) is 18.2 Å². The lowest BCUT2D eigenvalue weighted by Gasteiger charge is -2.22. The first-order valence-corrected chi connectivity index (χ1v) is 8.81. The lowest BCUT2D eigenvalue weighted by Crippen LogP contribution is -2.27. The van der Waals surface area contributed by atoms with E-state index in [1.165, 1.54) is 0 Å². The van der Waals surface area contributed by atoms with Crippen molar-refractivity contribution in [2.24, 2.45) is 7.05 Å². The van der Waals surface area contributed by atoms with Crippen molar-refractivity contribution >= 4 is 45.9 Å². The first kappa shape index (κ1) is 18.8. The minimum atomic E-state index is -0.853. The van der Waals surface area contributed by atoms with Crippen LogP contribution in [0.25, 0.3) is 11.0 Å². The van der Waals surface area contributed by atoms with E-state index in [4.69, 9.17) is 23.2 Å². The van der Waals surface area contributed by atoms with Gasteiger partial charge in [-0.15, -0.1) is 23.2 Å². The van der Waals surface area contributed by atoms with E-state index in [9.17, 15) is 9.32 Å². The Hall–Kier alpha value is -1.53. The Labute approximate surface area is 150 Å². The summed E-state index contributed by atoms with van der Waals surface area (Å²) in [5, 5.41) is 0. The number of anilines is 1. The van der Waals surface area contributed by atoms with Crippen LogP contribution >= 0.6 is 23.2 Å². The molecule has 5 nitrogen and oxygen atoms in total. The second-order valence-corrected chi connectivity index (χ2v) is 6.18. The summed E-state index contributed by atoms with van der Waals surface area (Å²) < 4.78 is 13.7. The van der Waals surface area contributed by atoms with Crippen molar-refractivity contribution in [2.75, 3.05) is 29.7 Å². The smallest absolute Gasteiger partial charge is 0.348 e. The van der Waals surface area contributed by atoms with Crippen molar-refractivity contribution in [1.82, 2.24) is 9.55 Å². The van der Waals surface area contributed by atoms with Gasteiger partial charge in [-0.05, 0) is 24.6 Å². The fourth-order valence-corrected chi connectivity index (χ4v) is 3.07. The standard InChI is InChI=1S/C16H20Cl2FN3O2/c1-21-14-6-5-12(22(9-7-17)10-8-18)11-13(14)20-15(21)3-2-4-16(23)24-19/h5-6,11H,2-4,7-10H2,1H3. The normalized spacial score (nSPS) is 11.0. The zero-order chi connectivity index (χ0) is 17.5. The van der Waals surface area contributed by atoms with Crippen molar-refractivity contribution in [3.8, 4) is 0 Å². The highest BCUT2D eigenvalue weighted by molar-refractivity contribution is 6.18. The Morgan fingerprint density at radius 3 is 2.67 bits per heavy atom. The van der Waals surface area contributed by atoms with E-state index in [0.29, 0.717) is 37.7 Å². The van der Waals surface area contributed by atoms with Crippen LogP contribution in [0.4, 0.5) is 10.2 Å². The van der Waals surface area contributed by atoms with Gasteiger partial charge in [-0.3, -0.25) is 4.94 Å². The van der Waals surface area contributed by atoms with Gasteiger partial charge in [-0.2, -0.15) is 0 Å². The first-order valence-electron chi connectivity index (χ1n) is 7.74. The van der Waals surface area contributed by atoms with Crippen LogP contribution in [0.1, 0.15) is 18.7 Å². The number of aryl methyl sites for hydroxylation is 2. The number of imidazole rings is 1. The molecule has 2 rings (SSSR count). The van der Waals surface area contributed by atoms with E-state index < -0.39 is 5.97 Å². The average molecular weight is 376 g/mol. The minimum Gasteiger partial charge on any atom is -0.369 e. The van der Waals surface area contributed by atoms with Gasteiger partial charge in [0.15, 0.2) is 0 Å². The van der Waals surface area contributed by atoms with Crippen molar-refractivity contribution in [1.29, 1.82) is 0 Å². The fraction of sp³-hybridized carbons (Fsp3) is 0.500. The summed E-state index contributed by atoms with van der Waals surface area (Å²) in [5.74, 6) is 1.03. The number of carbonyl (C=O) groups is 1. The van der Waals surface area contributed by atoms with Crippen molar-refractivity contribution in [3.05, 3.63) is 24.0 Å². The van der Waals surface area contributed by atoms with Crippen LogP contribution in [0.3, 0.4) is 0 Å². The quantitative estimate of drug-likeness (QED) is 0.628. The Bertz CT molecular complexity index is 687. The molecule has 0 unspecified atom stereocenters. The molecular weight excluding hydrogens is 356 g/mol. The third-order valence-electron chi connectivity index (χ3n) is 3.90. The third kappa shape index (κ3) is 4.51. The van der Waals surface area contributed by atoms with Crippen LogP contribution in [0.2, 0.25) is 0 Å². The molecule has 0 atom stereocenters. The largest absolute Gasteiger partial charge is 0.369 e. The number of alkyl halides is 2. The van der Waals surface area contributed by atoms with Gasteiger partial charge in [0.2, 0.25) is 0 Å². The molecule has 0 aliphatic rings. The van der Waals surface area contributed by atoms with Gasteiger partial charge < -0.3 is 9.47 Å². The molecular formula is C16H20Cl2FN3O2. The molecule has 0 bridgehead atoms. The second kappa shape index (κ2) is 9.08. The van der Waals surface area contributed by atoms with E-state index in [1.807, 2.05) is 29.8 Å². The Morgan fingerprint density at radius 2 is 2.04 bits per heavy atom. The molecule has 1 heterocycles. The van der Waals surface area contributed by atoms with Gasteiger partial charge in [-0.25, -0.2) is 9.78 Å². The van der Waals surface area contributed by atoms with Gasteiger partial charge in [0.1, 0.15) is 5.82 Å². The molecule has 0 N–H and O–H groups in total. The molecule has 0 radical (unpaired) electrons. The summed E-state index contributed by atoms with van der Waals surface area (Å²) in [6, 6.07) is 6.04. The lowest BCUT2D eigenvalue weighted by atomic mass is 10.2. The number of benzene rings is 1. The SMILES string of the molecule is Cn1c(CCCC(=O)OF)nc2cc(N(CCCl)CCCl)ccc21. The maximum Gasteiger partial charge on any atom is 0.348 e. The van der Waals surface area contributed by atoms with Crippen LogP contribution in [0.5, 0.6) is 0 Å². The Kier molecular flexibility index (Phi) is 7.12. The number of rotatable bonds is 9. The molecule has 0 amide bonds. The molecule has 0 aliphatic carbocycles. The van der Waals surface area contributed by atoms with Gasteiger partial charge in [0.05, 0.1) is 11.0 Å². The van der Waals surface area contributed by atoms with Crippen molar-refractivity contribution < 1.29 is 14.3 Å². The molecule has 0 spiro atoms. The molecule has 0 saturated heterocycles. The summed E-state index contributed by atoms with van der Waals surface area (Å²) in [5.41, 5.74) is 2.89. The third-order valence-corrected chi connectivity index (χ3v) is 4.24. The zero-order valence-corrected chi connectivity index (χ0v) is 15.0. The molecule has 8 heteroatoms. The summed E-state index contributed by atoms with van der Waals surface area (Å²) in [6.07, 6.45) is 1.09. The van der Waals surface area contributed by atoms with E-state index in [2.05, 4.69) is 14.8 Å². The lowest BCUT2D eigenvalue weighted by molar-refractivity contribution is -0.183. The van der Waals surface area contributed by atoms with E-state index >= 15 is 0 Å². The summed E-state index contributed by atoms with van der Waals surface area (Å²) in [4.78, 5) is 20.8. The summed E-state index contributed by atoms with van der Waals surface area (Å²) >= 11 is 11.7. The Balaban J connectivity index is 2.18. The first-order chi connectivity index (χ1) is 11.6. The number of nitrogens with zero attached hydrogens (tertiary/aromatic N) is 3. The van der Waals surface area contributed by atoms with Crippen molar-refractivity contribution in [2.45, 2.75) is 19.3 Å². The molecule has 2 aromatic rings. The predicted octanol–water partition coefficient (Wildman–Crippen LogP) is 3.61. The van der Waals surface area contributed by atoms with Crippen LogP contribution in [-0.2, 0) is 23.2 Å². The monoisotopic (exact) mass is 375 g/mol. The topological polar surface area (TPSA) is 47.4 Å². The molecule has 0 fully saturated rings. The molecule has 1 aromatic heterocycles. The fourth-order valence-electron chi connectivity index (χ4n) is 2.66. The van der Waals surface area contributed by atoms with Gasteiger partial charge in [-0.1, -0.05) is 0 Å². The van der Waals surface area contributed by atoms with E-state index in [-0.39, 0.29) is 6.42 Å². The number of aromatic nitrogens is 2. The highest BCUT2D eigenvalue weighted by Gasteiger charge is 2.12. The molecule has 0 aliphatic heterocycles. The molecule has 24 heavy (non-hydrogen) atoms. The van der Waals surface area contributed by atoms with Gasteiger partial charge in [0, 0.05) is 55.0 Å². The number of fused-ring (bicyclic) bond motifs is 1. The second-order valence-electron chi connectivity index (χ2n) is 5.43. The van der Waals surface area contributed by atoms with Crippen LogP contribution in [0, 0.1) is 0 Å². The number of halogens is 3. The highest BCUT2D eigenvalue weighted by Crippen LogP contribution is 2.23. The van der Waals surface area contributed by atoms with Crippen molar-refractivity contribution in [3.63, 3.8) is 0 Å². The van der Waals surface area contributed by atoms with Crippen LogP contribution < -0.4 is 4.90 Å². The number of carbonyl (C=O) groups excluding carboxylic acids is 1. The maximum atomic E-state index is 11.7. The predicted molar refractivity (Wildman–Crippen MR) is 94.5 cm³/mol. The molecule has 132 valence electrons. The van der Waals surface area contributed by atoms with Crippen LogP contribution in [-0.4, -0.2) is 40.4 Å².